The van der Waals surface area contributed by atoms with Crippen LogP contribution in [0.25, 0.3) is 0 Å². The van der Waals surface area contributed by atoms with Crippen molar-refractivity contribution in [1.82, 2.24) is 0 Å². The third-order valence-electron chi connectivity index (χ3n) is 2.76. The normalized spacial score (nSPS) is 15.2. The summed E-state index contributed by atoms with van der Waals surface area (Å²) in [6, 6.07) is 0. The fourth-order valence-corrected chi connectivity index (χ4v) is 4.05. The van der Waals surface area contributed by atoms with Crippen LogP contribution in [-0.4, -0.2) is 29.6 Å². The molecule has 0 aromatic carbocycles. The van der Waals surface area contributed by atoms with Gasteiger partial charge >= 0.3 is 0 Å². The van der Waals surface area contributed by atoms with E-state index in [1.807, 2.05) is 0 Å². The molecule has 96 valence electrons. The lowest BCUT2D eigenvalue weighted by Crippen LogP contribution is -2.36. The SMILES string of the molecule is [CH]OCCCC(CO[Si](C)(C)C)[Si](C)(C)C. The van der Waals surface area contributed by atoms with E-state index in [0.717, 1.165) is 18.6 Å². The summed E-state index contributed by atoms with van der Waals surface area (Å²) in [7, 11) is 2.54. The highest BCUT2D eigenvalue weighted by Crippen LogP contribution is 2.28. The summed E-state index contributed by atoms with van der Waals surface area (Å²) in [6.07, 6.45) is 2.22. The van der Waals surface area contributed by atoms with Crippen LogP contribution < -0.4 is 0 Å². The summed E-state index contributed by atoms with van der Waals surface area (Å²) in [5.41, 5.74) is 0.717. The Labute approximate surface area is 104 Å². The van der Waals surface area contributed by atoms with Crippen molar-refractivity contribution in [3.8, 4) is 0 Å². The molecule has 0 fully saturated rings. The van der Waals surface area contributed by atoms with Crippen LogP contribution in [0.2, 0.25) is 44.8 Å². The summed E-state index contributed by atoms with van der Waals surface area (Å²) in [4.78, 5) is 0. The Morgan fingerprint density at radius 1 is 1.06 bits per heavy atom. The monoisotopic (exact) mass is 260 g/mol. The standard InChI is InChI=1S/C12H28O2Si2/c1-13-10-8-9-12(15(2,3)4)11-14-16(5,6)7/h1,12H,8-11H2,2-7H3. The Morgan fingerprint density at radius 3 is 2.00 bits per heavy atom. The second-order valence-corrected chi connectivity index (χ2v) is 16.6. The number of rotatable bonds is 8. The molecule has 0 spiro atoms. The van der Waals surface area contributed by atoms with Gasteiger partial charge in [0.15, 0.2) is 8.32 Å². The van der Waals surface area contributed by atoms with Gasteiger partial charge in [0.05, 0.1) is 0 Å². The van der Waals surface area contributed by atoms with Crippen molar-refractivity contribution in [3.63, 3.8) is 0 Å². The molecule has 0 bridgehead atoms. The van der Waals surface area contributed by atoms with Crippen molar-refractivity contribution in [2.75, 3.05) is 13.2 Å². The maximum Gasteiger partial charge on any atom is 0.183 e. The highest BCUT2D eigenvalue weighted by Gasteiger charge is 2.28. The first kappa shape index (κ1) is 16.4. The molecule has 2 radical (unpaired) electrons. The van der Waals surface area contributed by atoms with E-state index in [-0.39, 0.29) is 0 Å². The van der Waals surface area contributed by atoms with Gasteiger partial charge in [-0.2, -0.15) is 0 Å². The van der Waals surface area contributed by atoms with Crippen molar-refractivity contribution in [3.05, 3.63) is 7.11 Å². The molecule has 1 atom stereocenters. The molecule has 0 aliphatic rings. The van der Waals surface area contributed by atoms with E-state index in [4.69, 9.17) is 11.5 Å². The van der Waals surface area contributed by atoms with Crippen LogP contribution in [0.15, 0.2) is 0 Å². The molecular weight excluding hydrogens is 232 g/mol. The lowest BCUT2D eigenvalue weighted by molar-refractivity contribution is 0.226. The third kappa shape index (κ3) is 8.50. The molecule has 0 saturated carbocycles. The van der Waals surface area contributed by atoms with Crippen LogP contribution in [0.4, 0.5) is 0 Å². The summed E-state index contributed by atoms with van der Waals surface area (Å²) in [6.45, 7) is 15.6. The van der Waals surface area contributed by atoms with Gasteiger partial charge in [-0.25, -0.2) is 0 Å². The molecule has 0 N–H and O–H groups in total. The quantitative estimate of drug-likeness (QED) is 0.485. The van der Waals surface area contributed by atoms with Gasteiger partial charge in [0, 0.05) is 21.3 Å². The average Bonchev–Trinajstić information content (AvgIpc) is 2.07. The van der Waals surface area contributed by atoms with Crippen LogP contribution in [0.5, 0.6) is 0 Å². The molecule has 0 rings (SSSR count). The summed E-state index contributed by atoms with van der Waals surface area (Å²) in [5.74, 6) is 0. The first-order valence-electron chi connectivity index (χ1n) is 6.12. The van der Waals surface area contributed by atoms with Gasteiger partial charge < -0.3 is 9.16 Å². The summed E-state index contributed by atoms with van der Waals surface area (Å²) < 4.78 is 10.7. The van der Waals surface area contributed by atoms with Crippen LogP contribution >= 0.6 is 0 Å². The minimum absolute atomic E-state index is 0.661. The summed E-state index contributed by atoms with van der Waals surface area (Å²) >= 11 is 0. The van der Waals surface area contributed by atoms with Gasteiger partial charge in [-0.3, -0.25) is 0 Å². The molecule has 1 unspecified atom stereocenters. The molecule has 0 aromatic rings. The lowest BCUT2D eigenvalue weighted by Gasteiger charge is -2.31. The van der Waals surface area contributed by atoms with Gasteiger partial charge in [0.1, 0.15) is 7.11 Å². The molecule has 0 aromatic heterocycles. The van der Waals surface area contributed by atoms with E-state index in [1.165, 1.54) is 6.42 Å². The van der Waals surface area contributed by atoms with E-state index >= 15 is 0 Å². The second kappa shape index (κ2) is 6.94. The Bertz CT molecular complexity index is 182. The van der Waals surface area contributed by atoms with Gasteiger partial charge in [0.25, 0.3) is 0 Å². The Morgan fingerprint density at radius 2 is 1.62 bits per heavy atom. The maximum atomic E-state index is 6.05. The van der Waals surface area contributed by atoms with Gasteiger partial charge in [-0.05, 0) is 38.0 Å². The predicted molar refractivity (Wildman–Crippen MR) is 75.9 cm³/mol. The fourth-order valence-electron chi connectivity index (χ4n) is 1.53. The van der Waals surface area contributed by atoms with E-state index in [0.29, 0.717) is 6.61 Å². The molecule has 0 aliphatic heterocycles. The van der Waals surface area contributed by atoms with Crippen LogP contribution in [0, 0.1) is 7.11 Å². The average molecular weight is 261 g/mol. The van der Waals surface area contributed by atoms with Crippen LogP contribution in [0.1, 0.15) is 12.8 Å². The molecule has 2 nitrogen and oxygen atoms in total. The van der Waals surface area contributed by atoms with E-state index < -0.39 is 16.4 Å². The molecular formula is C12H28O2Si2. The van der Waals surface area contributed by atoms with Crippen LogP contribution in [0.3, 0.4) is 0 Å². The zero-order valence-corrected chi connectivity index (χ0v) is 13.8. The van der Waals surface area contributed by atoms with Crippen molar-refractivity contribution >= 4 is 16.4 Å². The molecule has 16 heavy (non-hydrogen) atoms. The topological polar surface area (TPSA) is 18.5 Å². The Kier molecular flexibility index (Phi) is 7.09. The smallest absolute Gasteiger partial charge is 0.183 e. The van der Waals surface area contributed by atoms with Crippen LogP contribution in [-0.2, 0) is 9.16 Å². The van der Waals surface area contributed by atoms with Gasteiger partial charge in [-0.1, -0.05) is 19.6 Å². The molecule has 0 heterocycles. The van der Waals surface area contributed by atoms with Crippen molar-refractivity contribution in [1.29, 1.82) is 0 Å². The van der Waals surface area contributed by atoms with E-state index in [9.17, 15) is 0 Å². The third-order valence-corrected chi connectivity index (χ3v) is 6.69. The van der Waals surface area contributed by atoms with Crippen molar-refractivity contribution in [2.45, 2.75) is 57.7 Å². The minimum atomic E-state index is -1.38. The molecule has 0 aliphatic carbocycles. The lowest BCUT2D eigenvalue weighted by atomic mass is 10.2. The zero-order valence-electron chi connectivity index (χ0n) is 11.8. The Hall–Kier alpha value is 0.354. The zero-order chi connectivity index (χ0) is 12.8. The minimum Gasteiger partial charge on any atom is -0.418 e. The van der Waals surface area contributed by atoms with Crippen molar-refractivity contribution < 1.29 is 9.16 Å². The Balaban J connectivity index is 4.12. The van der Waals surface area contributed by atoms with Gasteiger partial charge in [0.2, 0.25) is 0 Å². The highest BCUT2D eigenvalue weighted by atomic mass is 28.4. The number of hydrogen-bond donors (Lipinski definition) is 0. The second-order valence-electron chi connectivity index (χ2n) is 6.50. The largest absolute Gasteiger partial charge is 0.418 e. The fraction of sp³-hybridized carbons (Fsp3) is 0.917. The maximum absolute atomic E-state index is 6.05. The van der Waals surface area contributed by atoms with Crippen molar-refractivity contribution in [2.24, 2.45) is 0 Å². The molecule has 0 amide bonds. The van der Waals surface area contributed by atoms with E-state index in [2.05, 4.69) is 44.0 Å². The van der Waals surface area contributed by atoms with E-state index in [1.54, 1.807) is 0 Å². The highest BCUT2D eigenvalue weighted by molar-refractivity contribution is 6.77. The number of ether oxygens (including phenoxy) is 1. The number of hydrogen-bond acceptors (Lipinski definition) is 2. The predicted octanol–water partition coefficient (Wildman–Crippen LogP) is 4.01. The van der Waals surface area contributed by atoms with Gasteiger partial charge in [-0.15, -0.1) is 0 Å². The first-order valence-corrected chi connectivity index (χ1v) is 13.1. The first-order chi connectivity index (χ1) is 7.17. The molecule has 4 heteroatoms. The molecule has 0 saturated heterocycles. The summed E-state index contributed by atoms with van der Waals surface area (Å²) in [5, 5.41) is 0.